The average Bonchev–Trinajstić information content (AvgIpc) is 3.34. The Morgan fingerprint density at radius 1 is 1.20 bits per heavy atom. The van der Waals surface area contributed by atoms with Gasteiger partial charge in [-0.1, -0.05) is 27.7 Å². The lowest BCUT2D eigenvalue weighted by molar-refractivity contribution is 0.0697. The number of furan rings is 1. The predicted octanol–water partition coefficient (Wildman–Crippen LogP) is 5.62. The van der Waals surface area contributed by atoms with Crippen molar-refractivity contribution in [3.63, 3.8) is 0 Å². The van der Waals surface area contributed by atoms with Gasteiger partial charge in [-0.2, -0.15) is 0 Å². The Bertz CT molecular complexity index is 915. The molecule has 1 aliphatic heterocycles. The summed E-state index contributed by atoms with van der Waals surface area (Å²) < 4.78 is 5.26. The number of thiophene rings is 1. The molecule has 1 atom stereocenters. The van der Waals surface area contributed by atoms with Gasteiger partial charge in [0.15, 0.2) is 5.76 Å². The monoisotopic (exact) mass is 428 g/mol. The molecule has 2 amide bonds. The molecule has 0 spiro atoms. The Labute approximate surface area is 182 Å². The molecule has 3 heterocycles. The van der Waals surface area contributed by atoms with Crippen LogP contribution in [-0.2, 0) is 12.8 Å². The molecule has 1 N–H and O–H groups in total. The Hall–Kier alpha value is -2.08. The van der Waals surface area contributed by atoms with Gasteiger partial charge in [-0.3, -0.25) is 9.59 Å². The number of likely N-dealkylation sites (tertiary alicyclic amines) is 1. The third kappa shape index (κ3) is 4.20. The van der Waals surface area contributed by atoms with Crippen molar-refractivity contribution in [1.29, 1.82) is 0 Å². The van der Waals surface area contributed by atoms with E-state index >= 15 is 0 Å². The maximum atomic E-state index is 13.6. The zero-order chi connectivity index (χ0) is 21.5. The molecule has 30 heavy (non-hydrogen) atoms. The first-order chi connectivity index (χ1) is 14.2. The Morgan fingerprint density at radius 2 is 1.93 bits per heavy atom. The van der Waals surface area contributed by atoms with Crippen LogP contribution in [0.5, 0.6) is 0 Å². The van der Waals surface area contributed by atoms with Gasteiger partial charge >= 0.3 is 0 Å². The summed E-state index contributed by atoms with van der Waals surface area (Å²) in [5.74, 6) is 1.28. The van der Waals surface area contributed by atoms with Crippen LogP contribution in [-0.4, -0.2) is 29.8 Å². The first kappa shape index (κ1) is 21.2. The van der Waals surface area contributed by atoms with Gasteiger partial charge in [0.1, 0.15) is 5.00 Å². The van der Waals surface area contributed by atoms with Crippen molar-refractivity contribution >= 4 is 28.2 Å². The molecule has 0 bridgehead atoms. The summed E-state index contributed by atoms with van der Waals surface area (Å²) >= 11 is 1.58. The summed E-state index contributed by atoms with van der Waals surface area (Å²) in [7, 11) is 0. The fourth-order valence-corrected chi connectivity index (χ4v) is 5.90. The lowest BCUT2D eigenvalue weighted by Gasteiger charge is -2.34. The molecule has 0 radical (unpaired) electrons. The molecule has 1 fully saturated rings. The maximum absolute atomic E-state index is 13.6. The van der Waals surface area contributed by atoms with Gasteiger partial charge in [0.2, 0.25) is 0 Å². The van der Waals surface area contributed by atoms with Crippen molar-refractivity contribution in [1.82, 2.24) is 4.90 Å². The fourth-order valence-electron chi connectivity index (χ4n) is 4.58. The summed E-state index contributed by atoms with van der Waals surface area (Å²) in [5, 5.41) is 3.67. The van der Waals surface area contributed by atoms with E-state index in [0.717, 1.165) is 56.3 Å². The van der Waals surface area contributed by atoms with Gasteiger partial charge in [0.25, 0.3) is 11.8 Å². The van der Waals surface area contributed by atoms with E-state index in [2.05, 4.69) is 33.0 Å². The minimum Gasteiger partial charge on any atom is -0.459 e. The highest BCUT2D eigenvalue weighted by Crippen LogP contribution is 2.45. The molecule has 2 aliphatic rings. The zero-order valence-corrected chi connectivity index (χ0v) is 19.2. The van der Waals surface area contributed by atoms with E-state index in [1.165, 1.54) is 11.1 Å². The molecule has 5 nitrogen and oxygen atoms in total. The van der Waals surface area contributed by atoms with Gasteiger partial charge in [0, 0.05) is 18.0 Å². The van der Waals surface area contributed by atoms with E-state index in [-0.39, 0.29) is 23.0 Å². The third-order valence-corrected chi connectivity index (χ3v) is 7.92. The fraction of sp³-hybridized carbons (Fsp3) is 0.583. The topological polar surface area (TPSA) is 62.6 Å². The van der Waals surface area contributed by atoms with Crippen LogP contribution in [0.25, 0.3) is 0 Å². The summed E-state index contributed by atoms with van der Waals surface area (Å²) in [6.45, 7) is 10.7. The van der Waals surface area contributed by atoms with Crippen LogP contribution >= 0.6 is 11.3 Å². The van der Waals surface area contributed by atoms with E-state index in [1.54, 1.807) is 23.5 Å². The second-order valence-corrected chi connectivity index (χ2v) is 11.0. The number of hydrogen-bond donors (Lipinski definition) is 1. The van der Waals surface area contributed by atoms with E-state index in [9.17, 15) is 9.59 Å². The molecule has 2 aromatic rings. The number of fused-ring (bicyclic) bond motifs is 1. The highest BCUT2D eigenvalue weighted by Gasteiger charge is 2.35. The Balaban J connectivity index is 1.66. The molecule has 0 aromatic carbocycles. The lowest BCUT2D eigenvalue weighted by Crippen LogP contribution is -2.38. The van der Waals surface area contributed by atoms with E-state index < -0.39 is 0 Å². The van der Waals surface area contributed by atoms with Gasteiger partial charge in [-0.05, 0) is 67.1 Å². The van der Waals surface area contributed by atoms with Crippen LogP contribution in [0.2, 0.25) is 0 Å². The van der Waals surface area contributed by atoms with Crippen LogP contribution in [0.3, 0.4) is 0 Å². The third-order valence-electron chi connectivity index (χ3n) is 6.75. The number of amides is 2. The second kappa shape index (κ2) is 8.22. The lowest BCUT2D eigenvalue weighted by atomic mass is 9.72. The second-order valence-electron chi connectivity index (χ2n) is 9.92. The minimum atomic E-state index is -0.299. The van der Waals surface area contributed by atoms with Crippen LogP contribution in [0.15, 0.2) is 22.8 Å². The van der Waals surface area contributed by atoms with E-state index in [0.29, 0.717) is 16.8 Å². The number of carbonyl (C=O) groups excluding carboxylic acids is 2. The van der Waals surface area contributed by atoms with Crippen molar-refractivity contribution in [3.8, 4) is 0 Å². The normalized spacial score (nSPS) is 20.1. The summed E-state index contributed by atoms with van der Waals surface area (Å²) in [6.07, 6.45) is 6.52. The summed E-state index contributed by atoms with van der Waals surface area (Å²) in [6, 6.07) is 3.34. The molecule has 6 heteroatoms. The maximum Gasteiger partial charge on any atom is 0.291 e. The average molecular weight is 429 g/mol. The standard InChI is InChI=1S/C24H32N2O3S/c1-15-9-11-26(12-10-15)23(28)20-17-8-7-16(24(2,3)4)14-19(17)30-22(20)25-21(27)18-6-5-13-29-18/h5-6,13,15-16H,7-12,14H2,1-4H3,(H,25,27)/t16-/m1/s1. The molecule has 2 aromatic heterocycles. The van der Waals surface area contributed by atoms with Crippen LogP contribution in [0.4, 0.5) is 5.00 Å². The molecular formula is C24H32N2O3S. The number of rotatable bonds is 3. The quantitative estimate of drug-likeness (QED) is 0.690. The predicted molar refractivity (Wildman–Crippen MR) is 120 cm³/mol. The van der Waals surface area contributed by atoms with Gasteiger partial charge in [-0.25, -0.2) is 0 Å². The van der Waals surface area contributed by atoms with E-state index in [1.807, 2.05) is 4.90 Å². The molecule has 1 aliphatic carbocycles. The number of piperidine rings is 1. The molecule has 0 unspecified atom stereocenters. The molecule has 1 saturated heterocycles. The zero-order valence-electron chi connectivity index (χ0n) is 18.4. The number of hydrogen-bond acceptors (Lipinski definition) is 4. The molecule has 4 rings (SSSR count). The Kier molecular flexibility index (Phi) is 5.80. The van der Waals surface area contributed by atoms with Crippen molar-refractivity contribution in [3.05, 3.63) is 40.2 Å². The number of nitrogens with one attached hydrogen (secondary N) is 1. The SMILES string of the molecule is CC1CCN(C(=O)c2c(NC(=O)c3ccco3)sc3c2CC[C@@H](C(C)(C)C)C3)CC1. The number of carbonyl (C=O) groups is 2. The van der Waals surface area contributed by atoms with Crippen molar-refractivity contribution in [2.75, 3.05) is 18.4 Å². The van der Waals surface area contributed by atoms with Gasteiger partial charge in [-0.15, -0.1) is 11.3 Å². The molecule has 162 valence electrons. The van der Waals surface area contributed by atoms with Crippen LogP contribution in [0.1, 0.15) is 78.3 Å². The highest BCUT2D eigenvalue weighted by molar-refractivity contribution is 7.17. The highest BCUT2D eigenvalue weighted by atomic mass is 32.1. The first-order valence-electron chi connectivity index (χ1n) is 11.0. The van der Waals surface area contributed by atoms with Crippen molar-refractivity contribution < 1.29 is 14.0 Å². The Morgan fingerprint density at radius 3 is 2.57 bits per heavy atom. The summed E-state index contributed by atoms with van der Waals surface area (Å²) in [4.78, 5) is 29.5. The van der Waals surface area contributed by atoms with Crippen LogP contribution < -0.4 is 5.32 Å². The van der Waals surface area contributed by atoms with Crippen molar-refractivity contribution in [2.24, 2.45) is 17.3 Å². The van der Waals surface area contributed by atoms with Crippen molar-refractivity contribution in [2.45, 2.75) is 59.8 Å². The van der Waals surface area contributed by atoms with Crippen LogP contribution in [0, 0.1) is 17.3 Å². The number of anilines is 1. The van der Waals surface area contributed by atoms with Gasteiger partial charge < -0.3 is 14.6 Å². The number of nitrogens with zero attached hydrogens (tertiary/aromatic N) is 1. The van der Waals surface area contributed by atoms with E-state index in [4.69, 9.17) is 4.42 Å². The first-order valence-corrected chi connectivity index (χ1v) is 11.8. The smallest absolute Gasteiger partial charge is 0.291 e. The molecular weight excluding hydrogens is 396 g/mol. The van der Waals surface area contributed by atoms with Gasteiger partial charge in [0.05, 0.1) is 11.8 Å². The molecule has 0 saturated carbocycles. The largest absolute Gasteiger partial charge is 0.459 e. The summed E-state index contributed by atoms with van der Waals surface area (Å²) in [5.41, 5.74) is 2.10. The minimum absolute atomic E-state index is 0.0725.